The Kier molecular flexibility index (Phi) is 2.67. The van der Waals surface area contributed by atoms with E-state index in [0.29, 0.717) is 5.69 Å². The van der Waals surface area contributed by atoms with Crippen molar-refractivity contribution in [3.8, 4) is 0 Å². The molecule has 0 saturated heterocycles. The van der Waals surface area contributed by atoms with Gasteiger partial charge >= 0.3 is 0 Å². The number of carbonyl (C=O) groups is 1. The summed E-state index contributed by atoms with van der Waals surface area (Å²) in [5.74, 6) is 0.112. The van der Waals surface area contributed by atoms with Crippen molar-refractivity contribution >= 4 is 22.9 Å². The predicted octanol–water partition coefficient (Wildman–Crippen LogP) is 3.70. The first-order chi connectivity index (χ1) is 10.6. The van der Waals surface area contributed by atoms with Gasteiger partial charge in [-0.3, -0.25) is 4.79 Å². The van der Waals surface area contributed by atoms with Crippen LogP contribution in [-0.4, -0.2) is 5.91 Å². The van der Waals surface area contributed by atoms with Crippen LogP contribution in [0, 0.1) is 0 Å². The highest BCUT2D eigenvalue weighted by Crippen LogP contribution is 2.53. The lowest BCUT2D eigenvalue weighted by Crippen LogP contribution is -2.40. The zero-order valence-corrected chi connectivity index (χ0v) is 12.4. The van der Waals surface area contributed by atoms with Gasteiger partial charge in [0.05, 0.1) is 11.1 Å². The molecular formula is C19H18N2O. The Morgan fingerprint density at radius 2 is 1.91 bits per heavy atom. The zero-order chi connectivity index (χ0) is 15.3. The van der Waals surface area contributed by atoms with E-state index in [2.05, 4.69) is 11.9 Å². The fourth-order valence-corrected chi connectivity index (χ4v) is 3.59. The molecule has 0 unspecified atom stereocenters. The largest absolute Gasteiger partial charge is 0.399 e. The normalized spacial score (nSPS) is 17.7. The smallest absolute Gasteiger partial charge is 0.235 e. The summed E-state index contributed by atoms with van der Waals surface area (Å²) in [6, 6.07) is 13.9. The lowest BCUT2D eigenvalue weighted by atomic mass is 9.65. The van der Waals surface area contributed by atoms with Crippen LogP contribution in [0.3, 0.4) is 0 Å². The molecule has 1 aliphatic heterocycles. The number of nitrogens with one attached hydrogen (secondary N) is 1. The van der Waals surface area contributed by atoms with Gasteiger partial charge in [-0.1, -0.05) is 43.3 Å². The Bertz CT molecular complexity index is 789. The summed E-state index contributed by atoms with van der Waals surface area (Å²) in [5, 5.41) is 3.08. The van der Waals surface area contributed by atoms with Gasteiger partial charge in [-0.25, -0.2) is 0 Å². The van der Waals surface area contributed by atoms with Crippen LogP contribution in [0.1, 0.15) is 36.0 Å². The Labute approximate surface area is 129 Å². The van der Waals surface area contributed by atoms with Gasteiger partial charge in [-0.05, 0) is 41.7 Å². The van der Waals surface area contributed by atoms with Gasteiger partial charge in [0.2, 0.25) is 5.91 Å². The number of rotatable bonds is 2. The first kappa shape index (κ1) is 13.1. The second kappa shape index (κ2) is 4.47. The van der Waals surface area contributed by atoms with Crippen LogP contribution >= 0.6 is 0 Å². The summed E-state index contributed by atoms with van der Waals surface area (Å²) in [5.41, 5.74) is 11.3. The molecule has 1 amide bonds. The van der Waals surface area contributed by atoms with Crippen LogP contribution in [0.5, 0.6) is 0 Å². The number of nitrogens with two attached hydrogens (primary N) is 1. The van der Waals surface area contributed by atoms with E-state index in [1.807, 2.05) is 42.5 Å². The third-order valence-corrected chi connectivity index (χ3v) is 5.00. The zero-order valence-electron chi connectivity index (χ0n) is 12.4. The average molecular weight is 290 g/mol. The molecule has 1 aliphatic carbocycles. The molecule has 1 spiro atoms. The molecule has 110 valence electrons. The molecule has 1 heterocycles. The van der Waals surface area contributed by atoms with Crippen LogP contribution in [0.4, 0.5) is 11.4 Å². The number of nitrogen functional groups attached to an aromatic ring is 1. The van der Waals surface area contributed by atoms with Crippen molar-refractivity contribution in [1.82, 2.24) is 0 Å². The molecule has 3 heteroatoms. The third kappa shape index (κ3) is 1.65. The Morgan fingerprint density at radius 3 is 2.55 bits per heavy atom. The molecule has 2 aromatic rings. The number of fused-ring (bicyclic) bond motifs is 2. The van der Waals surface area contributed by atoms with E-state index in [0.717, 1.165) is 47.2 Å². The molecular weight excluding hydrogens is 272 g/mol. The number of hydrogen-bond donors (Lipinski definition) is 2. The van der Waals surface area contributed by atoms with Crippen molar-refractivity contribution < 1.29 is 4.79 Å². The van der Waals surface area contributed by atoms with E-state index in [1.54, 1.807) is 0 Å². The van der Waals surface area contributed by atoms with Crippen molar-refractivity contribution in [2.75, 3.05) is 11.1 Å². The maximum absolute atomic E-state index is 12.5. The molecule has 3 N–H and O–H groups in total. The van der Waals surface area contributed by atoms with Crippen LogP contribution in [0.25, 0.3) is 5.57 Å². The molecule has 0 atom stereocenters. The van der Waals surface area contributed by atoms with Crippen molar-refractivity contribution in [1.29, 1.82) is 0 Å². The summed E-state index contributed by atoms with van der Waals surface area (Å²) in [6.45, 7) is 4.22. The summed E-state index contributed by atoms with van der Waals surface area (Å²) in [7, 11) is 0. The van der Waals surface area contributed by atoms with Crippen LogP contribution in [-0.2, 0) is 10.2 Å². The number of carbonyl (C=O) groups excluding carboxylic acids is 1. The molecule has 0 bridgehead atoms. The first-order valence-corrected chi connectivity index (χ1v) is 7.62. The fourth-order valence-electron chi connectivity index (χ4n) is 3.59. The average Bonchev–Trinajstić information content (AvgIpc) is 2.78. The molecule has 0 aromatic heterocycles. The van der Waals surface area contributed by atoms with Gasteiger partial charge in [0.25, 0.3) is 0 Å². The lowest BCUT2D eigenvalue weighted by molar-refractivity contribution is -0.123. The van der Waals surface area contributed by atoms with Gasteiger partial charge in [-0.2, -0.15) is 0 Å². The van der Waals surface area contributed by atoms with Crippen LogP contribution in [0.15, 0.2) is 49.0 Å². The Balaban J connectivity index is 1.88. The summed E-state index contributed by atoms with van der Waals surface area (Å²) >= 11 is 0. The number of amides is 1. The number of anilines is 2. The molecule has 4 rings (SSSR count). The maximum atomic E-state index is 12.5. The Hall–Kier alpha value is -2.55. The maximum Gasteiger partial charge on any atom is 0.235 e. The molecule has 0 radical (unpaired) electrons. The van der Waals surface area contributed by atoms with Gasteiger partial charge in [0.1, 0.15) is 0 Å². The SMILES string of the molecule is C=C(c1ccccc1)c1cc(N)cc2c1NC(=O)C21CCC1. The number of hydrogen-bond acceptors (Lipinski definition) is 2. The van der Waals surface area contributed by atoms with E-state index in [-0.39, 0.29) is 11.3 Å². The van der Waals surface area contributed by atoms with Gasteiger partial charge in [0.15, 0.2) is 0 Å². The molecule has 2 aromatic carbocycles. The van der Waals surface area contributed by atoms with E-state index in [1.165, 1.54) is 0 Å². The molecule has 22 heavy (non-hydrogen) atoms. The highest BCUT2D eigenvalue weighted by atomic mass is 16.2. The summed E-state index contributed by atoms with van der Waals surface area (Å²) in [6.07, 6.45) is 2.91. The highest BCUT2D eigenvalue weighted by molar-refractivity contribution is 6.10. The molecule has 2 aliphatic rings. The molecule has 1 saturated carbocycles. The van der Waals surface area contributed by atoms with Crippen molar-refractivity contribution in [3.63, 3.8) is 0 Å². The topological polar surface area (TPSA) is 55.1 Å². The second-order valence-electron chi connectivity index (χ2n) is 6.23. The minimum absolute atomic E-state index is 0.112. The highest BCUT2D eigenvalue weighted by Gasteiger charge is 2.51. The van der Waals surface area contributed by atoms with Gasteiger partial charge in [-0.15, -0.1) is 0 Å². The van der Waals surface area contributed by atoms with E-state index >= 15 is 0 Å². The predicted molar refractivity (Wildman–Crippen MR) is 89.6 cm³/mol. The fraction of sp³-hybridized carbons (Fsp3) is 0.211. The van der Waals surface area contributed by atoms with Crippen molar-refractivity contribution in [2.45, 2.75) is 24.7 Å². The minimum Gasteiger partial charge on any atom is -0.399 e. The van der Waals surface area contributed by atoms with Gasteiger partial charge < -0.3 is 11.1 Å². The van der Waals surface area contributed by atoms with Crippen molar-refractivity contribution in [3.05, 3.63) is 65.7 Å². The second-order valence-corrected chi connectivity index (χ2v) is 6.23. The van der Waals surface area contributed by atoms with Crippen molar-refractivity contribution in [2.24, 2.45) is 0 Å². The first-order valence-electron chi connectivity index (χ1n) is 7.62. The minimum atomic E-state index is -0.351. The Morgan fingerprint density at radius 1 is 1.18 bits per heavy atom. The summed E-state index contributed by atoms with van der Waals surface area (Å²) < 4.78 is 0. The lowest BCUT2D eigenvalue weighted by Gasteiger charge is -2.36. The van der Waals surface area contributed by atoms with Crippen LogP contribution < -0.4 is 11.1 Å². The van der Waals surface area contributed by atoms with E-state index < -0.39 is 0 Å². The summed E-state index contributed by atoms with van der Waals surface area (Å²) in [4.78, 5) is 12.5. The number of benzene rings is 2. The van der Waals surface area contributed by atoms with E-state index in [4.69, 9.17) is 5.73 Å². The molecule has 3 nitrogen and oxygen atoms in total. The van der Waals surface area contributed by atoms with Gasteiger partial charge in [0, 0.05) is 11.3 Å². The quantitative estimate of drug-likeness (QED) is 0.828. The van der Waals surface area contributed by atoms with Crippen LogP contribution in [0.2, 0.25) is 0 Å². The third-order valence-electron chi connectivity index (χ3n) is 5.00. The van der Waals surface area contributed by atoms with E-state index in [9.17, 15) is 4.79 Å². The monoisotopic (exact) mass is 290 g/mol. The molecule has 1 fully saturated rings. The standard InChI is InChI=1S/C19H18N2O/c1-12(13-6-3-2-4-7-13)15-10-14(20)11-16-17(15)21-18(22)19(16)8-5-9-19/h2-4,6-7,10-11H,1,5,8-9,20H2,(H,21,22).